The van der Waals surface area contributed by atoms with Crippen molar-refractivity contribution in [2.75, 3.05) is 13.7 Å². The summed E-state index contributed by atoms with van der Waals surface area (Å²) in [5.41, 5.74) is 3.14. The predicted octanol–water partition coefficient (Wildman–Crippen LogP) is 0.676. The highest BCUT2D eigenvalue weighted by Gasteiger charge is 2.08. The number of aromatic hydroxyl groups is 1. The van der Waals surface area contributed by atoms with Gasteiger partial charge in [-0.1, -0.05) is 6.07 Å². The topological polar surface area (TPSA) is 113 Å². The number of nitrogens with one attached hydrogen (secondary N) is 2. The van der Waals surface area contributed by atoms with E-state index in [-0.39, 0.29) is 18.0 Å². The Bertz CT molecular complexity index is 747. The van der Waals surface area contributed by atoms with Crippen LogP contribution in [0.2, 0.25) is 0 Å². The molecular weight excluding hydrogens is 312 g/mol. The van der Waals surface area contributed by atoms with Gasteiger partial charge in [0.2, 0.25) is 0 Å². The standard InChI is InChI=1S/C16H16N4O4/c1-24-14-8-11(5-6-13(14)21)9-19-20-15(22)10-18-16(23)12-4-2-3-7-17-12/h2-9,21H,10H2,1H3,(H,18,23)(H,20,22)/b19-9+. The van der Waals surface area contributed by atoms with Gasteiger partial charge in [0, 0.05) is 6.20 Å². The molecule has 24 heavy (non-hydrogen) atoms. The van der Waals surface area contributed by atoms with Gasteiger partial charge in [0.15, 0.2) is 11.5 Å². The lowest BCUT2D eigenvalue weighted by Gasteiger charge is -2.04. The van der Waals surface area contributed by atoms with Gasteiger partial charge in [0.1, 0.15) is 5.69 Å². The number of phenols is 1. The average Bonchev–Trinajstić information content (AvgIpc) is 2.61. The summed E-state index contributed by atoms with van der Waals surface area (Å²) in [4.78, 5) is 27.2. The van der Waals surface area contributed by atoms with Crippen molar-refractivity contribution in [1.29, 1.82) is 0 Å². The van der Waals surface area contributed by atoms with E-state index in [1.54, 1.807) is 30.3 Å². The van der Waals surface area contributed by atoms with E-state index >= 15 is 0 Å². The summed E-state index contributed by atoms with van der Waals surface area (Å²) in [5.74, 6) is -0.622. The summed E-state index contributed by atoms with van der Waals surface area (Å²) in [7, 11) is 1.43. The number of phenolic OH excluding ortho intramolecular Hbond substituents is 1. The van der Waals surface area contributed by atoms with Crippen LogP contribution in [0.3, 0.4) is 0 Å². The molecule has 0 aliphatic carbocycles. The number of hydrogen-bond acceptors (Lipinski definition) is 6. The zero-order valence-corrected chi connectivity index (χ0v) is 12.9. The van der Waals surface area contributed by atoms with Crippen LogP contribution in [0.1, 0.15) is 16.1 Å². The number of carbonyl (C=O) groups is 2. The Balaban J connectivity index is 1.81. The Morgan fingerprint density at radius 2 is 2.17 bits per heavy atom. The number of rotatable bonds is 6. The van der Waals surface area contributed by atoms with Crippen molar-refractivity contribution in [3.8, 4) is 11.5 Å². The lowest BCUT2D eigenvalue weighted by molar-refractivity contribution is -0.120. The largest absolute Gasteiger partial charge is 0.504 e. The first kappa shape index (κ1) is 16.9. The summed E-state index contributed by atoms with van der Waals surface area (Å²) in [6, 6.07) is 9.54. The van der Waals surface area contributed by atoms with Gasteiger partial charge in [-0.15, -0.1) is 0 Å². The molecule has 1 aromatic carbocycles. The van der Waals surface area contributed by atoms with E-state index in [9.17, 15) is 14.7 Å². The van der Waals surface area contributed by atoms with Gasteiger partial charge in [0.25, 0.3) is 11.8 Å². The minimum Gasteiger partial charge on any atom is -0.504 e. The second kappa shape index (κ2) is 8.28. The molecule has 8 nitrogen and oxygen atoms in total. The maximum absolute atomic E-state index is 11.7. The third-order valence-electron chi connectivity index (χ3n) is 2.91. The van der Waals surface area contributed by atoms with Crippen LogP contribution in [-0.2, 0) is 4.79 Å². The minimum atomic E-state index is -0.485. The van der Waals surface area contributed by atoms with Crippen LogP contribution in [0.15, 0.2) is 47.7 Å². The lowest BCUT2D eigenvalue weighted by Crippen LogP contribution is -2.35. The summed E-state index contributed by atoms with van der Waals surface area (Å²) in [6.45, 7) is -0.231. The molecular formula is C16H16N4O4. The molecule has 2 amide bonds. The molecule has 2 aromatic rings. The van der Waals surface area contributed by atoms with Crippen molar-refractivity contribution in [3.63, 3.8) is 0 Å². The lowest BCUT2D eigenvalue weighted by atomic mass is 10.2. The van der Waals surface area contributed by atoms with E-state index in [0.29, 0.717) is 11.3 Å². The van der Waals surface area contributed by atoms with Crippen LogP contribution in [0.5, 0.6) is 11.5 Å². The molecule has 0 bridgehead atoms. The first-order valence-corrected chi connectivity index (χ1v) is 6.98. The molecule has 1 heterocycles. The second-order valence-corrected chi connectivity index (χ2v) is 4.62. The predicted molar refractivity (Wildman–Crippen MR) is 87.0 cm³/mol. The van der Waals surface area contributed by atoms with E-state index in [0.717, 1.165) is 0 Å². The molecule has 0 atom stereocenters. The molecule has 1 aromatic heterocycles. The highest BCUT2D eigenvalue weighted by molar-refractivity contribution is 5.94. The molecule has 8 heteroatoms. The number of hydrazone groups is 1. The van der Waals surface area contributed by atoms with Crippen LogP contribution < -0.4 is 15.5 Å². The molecule has 0 spiro atoms. The number of ether oxygens (including phenoxy) is 1. The summed E-state index contributed by atoms with van der Waals surface area (Å²) in [5, 5.41) is 15.7. The Morgan fingerprint density at radius 1 is 1.33 bits per heavy atom. The van der Waals surface area contributed by atoms with E-state index in [2.05, 4.69) is 20.8 Å². The minimum absolute atomic E-state index is 0.0101. The van der Waals surface area contributed by atoms with Gasteiger partial charge in [-0.05, 0) is 35.9 Å². The Kier molecular flexibility index (Phi) is 5.84. The van der Waals surface area contributed by atoms with Gasteiger partial charge in [-0.25, -0.2) is 5.43 Å². The van der Waals surface area contributed by atoms with E-state index in [1.807, 2.05) is 0 Å². The number of benzene rings is 1. The number of pyridine rings is 1. The molecule has 0 unspecified atom stereocenters. The molecule has 0 aliphatic rings. The smallest absolute Gasteiger partial charge is 0.270 e. The van der Waals surface area contributed by atoms with E-state index < -0.39 is 11.8 Å². The Labute approximate surface area is 138 Å². The fourth-order valence-corrected chi connectivity index (χ4v) is 1.74. The molecule has 3 N–H and O–H groups in total. The second-order valence-electron chi connectivity index (χ2n) is 4.62. The van der Waals surface area contributed by atoms with E-state index in [1.165, 1.54) is 25.6 Å². The van der Waals surface area contributed by atoms with E-state index in [4.69, 9.17) is 4.74 Å². The Morgan fingerprint density at radius 3 is 2.88 bits per heavy atom. The van der Waals surface area contributed by atoms with Gasteiger partial charge in [-0.2, -0.15) is 5.10 Å². The number of aromatic nitrogens is 1. The summed E-state index contributed by atoms with van der Waals surface area (Å²) in [6.07, 6.45) is 2.88. The molecule has 2 rings (SSSR count). The Hall–Kier alpha value is -3.42. The van der Waals surface area contributed by atoms with Crippen molar-refractivity contribution >= 4 is 18.0 Å². The maximum atomic E-state index is 11.7. The number of carbonyl (C=O) groups excluding carboxylic acids is 2. The number of amides is 2. The molecule has 0 fully saturated rings. The SMILES string of the molecule is COc1cc(/C=N/NC(=O)CNC(=O)c2ccccn2)ccc1O. The highest BCUT2D eigenvalue weighted by atomic mass is 16.5. The zero-order valence-electron chi connectivity index (χ0n) is 12.9. The quantitative estimate of drug-likeness (QED) is 0.533. The first-order valence-electron chi connectivity index (χ1n) is 6.98. The van der Waals surface area contributed by atoms with Crippen molar-refractivity contribution in [1.82, 2.24) is 15.7 Å². The molecule has 124 valence electrons. The van der Waals surface area contributed by atoms with Gasteiger partial charge in [0.05, 0.1) is 19.9 Å². The van der Waals surface area contributed by atoms with Crippen LogP contribution in [0, 0.1) is 0 Å². The molecule has 0 radical (unpaired) electrons. The fourth-order valence-electron chi connectivity index (χ4n) is 1.74. The van der Waals surface area contributed by atoms with Gasteiger partial charge < -0.3 is 15.2 Å². The van der Waals surface area contributed by atoms with Crippen LogP contribution in [0.25, 0.3) is 0 Å². The number of hydrogen-bond donors (Lipinski definition) is 3. The van der Waals surface area contributed by atoms with Crippen LogP contribution in [0.4, 0.5) is 0 Å². The van der Waals surface area contributed by atoms with Crippen LogP contribution >= 0.6 is 0 Å². The summed E-state index contributed by atoms with van der Waals surface area (Å²) >= 11 is 0. The van der Waals surface area contributed by atoms with Crippen molar-refractivity contribution < 1.29 is 19.4 Å². The van der Waals surface area contributed by atoms with Crippen molar-refractivity contribution in [3.05, 3.63) is 53.9 Å². The van der Waals surface area contributed by atoms with Gasteiger partial charge in [-0.3, -0.25) is 14.6 Å². The molecule has 0 saturated heterocycles. The monoisotopic (exact) mass is 328 g/mol. The van der Waals surface area contributed by atoms with Crippen molar-refractivity contribution in [2.24, 2.45) is 5.10 Å². The number of nitrogens with zero attached hydrogens (tertiary/aromatic N) is 2. The summed E-state index contributed by atoms with van der Waals surface area (Å²) < 4.78 is 4.97. The zero-order chi connectivity index (χ0) is 17.4. The third kappa shape index (κ3) is 4.80. The van der Waals surface area contributed by atoms with Crippen molar-refractivity contribution in [2.45, 2.75) is 0 Å². The normalized spacial score (nSPS) is 10.4. The highest BCUT2D eigenvalue weighted by Crippen LogP contribution is 2.25. The number of methoxy groups -OCH3 is 1. The van der Waals surface area contributed by atoms with Crippen LogP contribution in [-0.4, -0.2) is 41.8 Å². The first-order chi connectivity index (χ1) is 11.6. The van der Waals surface area contributed by atoms with Gasteiger partial charge >= 0.3 is 0 Å². The third-order valence-corrected chi connectivity index (χ3v) is 2.91. The maximum Gasteiger partial charge on any atom is 0.270 e. The fraction of sp³-hybridized carbons (Fsp3) is 0.125. The molecule has 0 saturated carbocycles. The average molecular weight is 328 g/mol. The molecule has 0 aliphatic heterocycles.